The topological polar surface area (TPSA) is 66.6 Å². The van der Waals surface area contributed by atoms with E-state index in [4.69, 9.17) is 10.8 Å². The molecule has 0 fully saturated rings. The summed E-state index contributed by atoms with van der Waals surface area (Å²) in [5.41, 5.74) is 7.13. The lowest BCUT2D eigenvalue weighted by Crippen LogP contribution is -2.21. The number of nitrogens with zero attached hydrogens (tertiary/aromatic N) is 1. The van der Waals surface area contributed by atoms with Crippen LogP contribution < -0.4 is 10.6 Å². The maximum atomic E-state index is 11.0. The fourth-order valence-corrected chi connectivity index (χ4v) is 2.07. The van der Waals surface area contributed by atoms with E-state index < -0.39 is 11.9 Å². The molecule has 1 aromatic carbocycles. The highest BCUT2D eigenvalue weighted by Gasteiger charge is 2.19. The summed E-state index contributed by atoms with van der Waals surface area (Å²) in [6.07, 6.45) is 0. The summed E-state index contributed by atoms with van der Waals surface area (Å²) in [5, 5.41) is 9.02. The molecule has 0 amide bonds. The van der Waals surface area contributed by atoms with Crippen molar-refractivity contribution in [3.63, 3.8) is 0 Å². The number of nitrogens with two attached hydrogens (primary N) is 1. The summed E-state index contributed by atoms with van der Waals surface area (Å²) in [4.78, 5) is 12.9. The standard InChI is InChI=1S/C11H15BrN2O2/c1-14(2)10-5-7(3-4-9(10)12)8(6-13)11(15)16/h3-5,8H,6,13H2,1-2H3,(H,15,16). The number of hydrogen-bond donors (Lipinski definition) is 2. The van der Waals surface area contributed by atoms with Crippen molar-refractivity contribution in [1.82, 2.24) is 0 Å². The molecule has 1 atom stereocenters. The van der Waals surface area contributed by atoms with Crippen molar-refractivity contribution >= 4 is 27.6 Å². The Morgan fingerprint density at radius 3 is 2.62 bits per heavy atom. The van der Waals surface area contributed by atoms with Crippen molar-refractivity contribution in [3.05, 3.63) is 28.2 Å². The lowest BCUT2D eigenvalue weighted by atomic mass is 9.99. The molecule has 0 aliphatic rings. The van der Waals surface area contributed by atoms with Gasteiger partial charge in [0.2, 0.25) is 0 Å². The molecule has 0 saturated heterocycles. The second kappa shape index (κ2) is 5.32. The van der Waals surface area contributed by atoms with E-state index in [2.05, 4.69) is 15.9 Å². The predicted octanol–water partition coefficient (Wildman–Crippen LogP) is 1.64. The second-order valence-electron chi connectivity index (χ2n) is 3.73. The summed E-state index contributed by atoms with van der Waals surface area (Å²) in [7, 11) is 3.81. The van der Waals surface area contributed by atoms with Crippen LogP contribution in [0, 0.1) is 0 Å². The van der Waals surface area contributed by atoms with Gasteiger partial charge in [-0.15, -0.1) is 0 Å². The normalized spacial score (nSPS) is 12.2. The molecule has 1 aromatic rings. The Hall–Kier alpha value is -1.07. The minimum absolute atomic E-state index is 0.101. The molecule has 16 heavy (non-hydrogen) atoms. The molecule has 1 unspecified atom stereocenters. The van der Waals surface area contributed by atoms with Gasteiger partial charge in [-0.1, -0.05) is 6.07 Å². The van der Waals surface area contributed by atoms with E-state index in [1.54, 1.807) is 6.07 Å². The van der Waals surface area contributed by atoms with Crippen LogP contribution in [0.2, 0.25) is 0 Å². The van der Waals surface area contributed by atoms with E-state index in [1.165, 1.54) is 0 Å². The molecule has 0 saturated carbocycles. The van der Waals surface area contributed by atoms with Crippen LogP contribution in [0.25, 0.3) is 0 Å². The monoisotopic (exact) mass is 286 g/mol. The van der Waals surface area contributed by atoms with E-state index in [1.807, 2.05) is 31.1 Å². The highest BCUT2D eigenvalue weighted by molar-refractivity contribution is 9.10. The maximum absolute atomic E-state index is 11.0. The van der Waals surface area contributed by atoms with Gasteiger partial charge in [-0.25, -0.2) is 0 Å². The molecule has 0 aromatic heterocycles. The molecule has 0 bridgehead atoms. The number of aliphatic carboxylic acids is 1. The molecule has 0 spiro atoms. The highest BCUT2D eigenvalue weighted by Crippen LogP contribution is 2.28. The zero-order valence-corrected chi connectivity index (χ0v) is 10.9. The summed E-state index contributed by atoms with van der Waals surface area (Å²) in [6, 6.07) is 5.47. The van der Waals surface area contributed by atoms with Gasteiger partial charge in [0.15, 0.2) is 0 Å². The minimum atomic E-state index is -0.894. The number of rotatable bonds is 4. The zero-order chi connectivity index (χ0) is 12.3. The van der Waals surface area contributed by atoms with Crippen LogP contribution in [0.15, 0.2) is 22.7 Å². The average molecular weight is 287 g/mol. The minimum Gasteiger partial charge on any atom is -0.481 e. The molecule has 0 radical (unpaired) electrons. The Labute approximate surface area is 103 Å². The predicted molar refractivity (Wildman–Crippen MR) is 67.9 cm³/mol. The first-order valence-electron chi connectivity index (χ1n) is 4.87. The SMILES string of the molecule is CN(C)c1cc(C(CN)C(=O)O)ccc1Br. The van der Waals surface area contributed by atoms with Crippen LogP contribution in [0.5, 0.6) is 0 Å². The number of carboxylic acid groups (broad SMARTS) is 1. The van der Waals surface area contributed by atoms with Gasteiger partial charge in [0.25, 0.3) is 0 Å². The molecule has 3 N–H and O–H groups in total. The van der Waals surface area contributed by atoms with Crippen molar-refractivity contribution in [2.45, 2.75) is 5.92 Å². The largest absolute Gasteiger partial charge is 0.481 e. The number of carbonyl (C=O) groups is 1. The fraction of sp³-hybridized carbons (Fsp3) is 0.364. The molecule has 0 aliphatic carbocycles. The van der Waals surface area contributed by atoms with Crippen LogP contribution in [-0.4, -0.2) is 31.7 Å². The Balaban J connectivity index is 3.15. The van der Waals surface area contributed by atoms with Crippen molar-refractivity contribution in [2.24, 2.45) is 5.73 Å². The molecular weight excluding hydrogens is 272 g/mol. The van der Waals surface area contributed by atoms with Gasteiger partial charge in [0, 0.05) is 25.1 Å². The molecule has 0 heterocycles. The number of anilines is 1. The zero-order valence-electron chi connectivity index (χ0n) is 9.27. The van der Waals surface area contributed by atoms with Gasteiger partial charge in [0.05, 0.1) is 11.6 Å². The van der Waals surface area contributed by atoms with Gasteiger partial charge < -0.3 is 15.7 Å². The molecule has 88 valence electrons. The quantitative estimate of drug-likeness (QED) is 0.883. The van der Waals surface area contributed by atoms with Crippen molar-refractivity contribution in [1.29, 1.82) is 0 Å². The van der Waals surface area contributed by atoms with Crippen LogP contribution in [0.1, 0.15) is 11.5 Å². The van der Waals surface area contributed by atoms with Gasteiger partial charge in [0.1, 0.15) is 0 Å². The number of halogens is 1. The van der Waals surface area contributed by atoms with Crippen LogP contribution in [-0.2, 0) is 4.79 Å². The van der Waals surface area contributed by atoms with Crippen molar-refractivity contribution < 1.29 is 9.90 Å². The van der Waals surface area contributed by atoms with Gasteiger partial charge in [-0.2, -0.15) is 0 Å². The van der Waals surface area contributed by atoms with E-state index in [-0.39, 0.29) is 6.54 Å². The molecule has 4 nitrogen and oxygen atoms in total. The van der Waals surface area contributed by atoms with Gasteiger partial charge in [-0.05, 0) is 33.6 Å². The number of hydrogen-bond acceptors (Lipinski definition) is 3. The maximum Gasteiger partial charge on any atom is 0.312 e. The Morgan fingerprint density at radius 2 is 2.19 bits per heavy atom. The molecule has 5 heteroatoms. The van der Waals surface area contributed by atoms with E-state index >= 15 is 0 Å². The van der Waals surface area contributed by atoms with Crippen LogP contribution in [0.3, 0.4) is 0 Å². The van der Waals surface area contributed by atoms with Gasteiger partial charge in [-0.3, -0.25) is 4.79 Å². The fourth-order valence-electron chi connectivity index (χ4n) is 1.47. The third kappa shape index (κ3) is 2.74. The van der Waals surface area contributed by atoms with Crippen LogP contribution >= 0.6 is 15.9 Å². The van der Waals surface area contributed by atoms with Crippen molar-refractivity contribution in [3.8, 4) is 0 Å². The third-order valence-electron chi connectivity index (χ3n) is 2.39. The van der Waals surface area contributed by atoms with Gasteiger partial charge >= 0.3 is 5.97 Å². The van der Waals surface area contributed by atoms with Crippen molar-refractivity contribution in [2.75, 3.05) is 25.5 Å². The molecule has 0 aliphatic heterocycles. The first-order chi connectivity index (χ1) is 7.47. The molecule has 1 rings (SSSR count). The second-order valence-corrected chi connectivity index (χ2v) is 4.59. The average Bonchev–Trinajstić information content (AvgIpc) is 2.20. The lowest BCUT2D eigenvalue weighted by Gasteiger charge is -2.18. The summed E-state index contributed by atoms with van der Waals surface area (Å²) in [5.74, 6) is -1.54. The van der Waals surface area contributed by atoms with E-state index in [9.17, 15) is 4.79 Å². The summed E-state index contributed by atoms with van der Waals surface area (Å²) in [6.45, 7) is 0.101. The lowest BCUT2D eigenvalue weighted by molar-refractivity contribution is -0.138. The smallest absolute Gasteiger partial charge is 0.312 e. The first kappa shape index (κ1) is 13.0. The first-order valence-corrected chi connectivity index (χ1v) is 5.66. The Bertz CT molecular complexity index is 394. The highest BCUT2D eigenvalue weighted by atomic mass is 79.9. The van der Waals surface area contributed by atoms with E-state index in [0.717, 1.165) is 15.7 Å². The number of carboxylic acids is 1. The summed E-state index contributed by atoms with van der Waals surface area (Å²) < 4.78 is 0.933. The van der Waals surface area contributed by atoms with Crippen LogP contribution in [0.4, 0.5) is 5.69 Å². The summed E-state index contributed by atoms with van der Waals surface area (Å²) >= 11 is 3.42. The Kier molecular flexibility index (Phi) is 4.32. The van der Waals surface area contributed by atoms with E-state index in [0.29, 0.717) is 0 Å². The Morgan fingerprint density at radius 1 is 1.56 bits per heavy atom. The molecular formula is C11H15BrN2O2. The number of benzene rings is 1. The third-order valence-corrected chi connectivity index (χ3v) is 3.06.